The molecule has 0 saturated carbocycles. The minimum atomic E-state index is -3.30. The van der Waals surface area contributed by atoms with Crippen LogP contribution in [0.2, 0.25) is 0 Å². The highest BCUT2D eigenvalue weighted by Gasteiger charge is 2.35. The van der Waals surface area contributed by atoms with Crippen molar-refractivity contribution < 1.29 is 13.5 Å². The van der Waals surface area contributed by atoms with Crippen LogP contribution in [-0.2, 0) is 10.0 Å². The maximum absolute atomic E-state index is 12.0. The van der Waals surface area contributed by atoms with Gasteiger partial charge in [-0.1, -0.05) is 6.92 Å². The molecule has 90 valence electrons. The Kier molecular flexibility index (Phi) is 4.14. The van der Waals surface area contributed by atoms with Gasteiger partial charge in [0.25, 0.3) is 0 Å². The smallest absolute Gasteiger partial charge is 0.219 e. The molecule has 1 aliphatic heterocycles. The van der Waals surface area contributed by atoms with Crippen molar-refractivity contribution >= 4 is 10.0 Å². The highest BCUT2D eigenvalue weighted by Crippen LogP contribution is 2.26. The van der Waals surface area contributed by atoms with Crippen LogP contribution >= 0.6 is 0 Å². The van der Waals surface area contributed by atoms with Gasteiger partial charge in [0.2, 0.25) is 10.0 Å². The van der Waals surface area contributed by atoms with Gasteiger partial charge in [-0.25, -0.2) is 8.42 Å². The Balaban J connectivity index is 2.79. The Labute approximate surface area is 92.3 Å². The molecule has 0 spiro atoms. The molecule has 0 bridgehead atoms. The molecule has 1 heterocycles. The molecular formula is C10H21NO3S. The maximum atomic E-state index is 12.0. The molecule has 5 heteroatoms. The summed E-state index contributed by atoms with van der Waals surface area (Å²) in [7, 11) is -3.30. The van der Waals surface area contributed by atoms with Crippen molar-refractivity contribution in [1.82, 2.24) is 4.31 Å². The standard InChI is InChI=1S/C10H21NO3S/c1-8-4-5-11(9(2)6-8)15(13,14)10(3)7-12/h8-10,12H,4-7H2,1-3H3. The van der Waals surface area contributed by atoms with Crippen LogP contribution in [0, 0.1) is 5.92 Å². The predicted molar refractivity (Wildman–Crippen MR) is 60.0 cm³/mol. The summed E-state index contributed by atoms with van der Waals surface area (Å²) < 4.78 is 25.5. The fraction of sp³-hybridized carbons (Fsp3) is 1.00. The Morgan fingerprint density at radius 1 is 1.47 bits per heavy atom. The van der Waals surface area contributed by atoms with Crippen molar-refractivity contribution in [2.45, 2.75) is 44.9 Å². The zero-order valence-corrected chi connectivity index (χ0v) is 10.5. The van der Waals surface area contributed by atoms with Crippen molar-refractivity contribution in [3.05, 3.63) is 0 Å². The molecule has 1 N–H and O–H groups in total. The molecule has 15 heavy (non-hydrogen) atoms. The zero-order valence-electron chi connectivity index (χ0n) is 9.68. The molecule has 0 aromatic heterocycles. The van der Waals surface area contributed by atoms with Crippen LogP contribution in [0.15, 0.2) is 0 Å². The number of rotatable bonds is 3. The molecule has 1 aliphatic rings. The van der Waals surface area contributed by atoms with Gasteiger partial charge in [-0.15, -0.1) is 0 Å². The van der Waals surface area contributed by atoms with Gasteiger partial charge in [-0.2, -0.15) is 4.31 Å². The second-order valence-corrected chi connectivity index (χ2v) is 6.93. The van der Waals surface area contributed by atoms with E-state index in [1.807, 2.05) is 6.92 Å². The van der Waals surface area contributed by atoms with E-state index in [9.17, 15) is 8.42 Å². The van der Waals surface area contributed by atoms with E-state index in [1.165, 1.54) is 0 Å². The molecule has 3 unspecified atom stereocenters. The van der Waals surface area contributed by atoms with E-state index in [-0.39, 0.29) is 12.6 Å². The molecule has 1 fully saturated rings. The number of aliphatic hydroxyl groups excluding tert-OH is 1. The lowest BCUT2D eigenvalue weighted by Gasteiger charge is -2.36. The van der Waals surface area contributed by atoms with E-state index in [1.54, 1.807) is 11.2 Å². The van der Waals surface area contributed by atoms with Crippen LogP contribution in [0.25, 0.3) is 0 Å². The van der Waals surface area contributed by atoms with E-state index < -0.39 is 15.3 Å². The van der Waals surface area contributed by atoms with Crippen molar-refractivity contribution in [3.63, 3.8) is 0 Å². The van der Waals surface area contributed by atoms with E-state index >= 15 is 0 Å². The summed E-state index contributed by atoms with van der Waals surface area (Å²) in [5.41, 5.74) is 0. The monoisotopic (exact) mass is 235 g/mol. The summed E-state index contributed by atoms with van der Waals surface area (Å²) in [6.07, 6.45) is 1.83. The van der Waals surface area contributed by atoms with Gasteiger partial charge in [0.1, 0.15) is 0 Å². The van der Waals surface area contributed by atoms with Crippen LogP contribution in [-0.4, -0.2) is 42.3 Å². The maximum Gasteiger partial charge on any atom is 0.219 e. The van der Waals surface area contributed by atoms with Crippen molar-refractivity contribution in [2.24, 2.45) is 5.92 Å². The molecular weight excluding hydrogens is 214 g/mol. The first kappa shape index (κ1) is 12.9. The number of nitrogens with zero attached hydrogens (tertiary/aromatic N) is 1. The number of piperidine rings is 1. The van der Waals surface area contributed by atoms with Crippen LogP contribution in [0.3, 0.4) is 0 Å². The topological polar surface area (TPSA) is 57.6 Å². The number of hydrogen-bond donors (Lipinski definition) is 1. The van der Waals surface area contributed by atoms with Crippen molar-refractivity contribution in [1.29, 1.82) is 0 Å². The first-order chi connectivity index (χ1) is 6.89. The molecule has 3 atom stereocenters. The van der Waals surface area contributed by atoms with Crippen LogP contribution in [0.1, 0.15) is 33.6 Å². The summed E-state index contributed by atoms with van der Waals surface area (Å²) >= 11 is 0. The molecule has 0 aromatic rings. The Hall–Kier alpha value is -0.130. The lowest BCUT2D eigenvalue weighted by Crippen LogP contribution is -2.48. The van der Waals surface area contributed by atoms with E-state index in [4.69, 9.17) is 5.11 Å². The minimum Gasteiger partial charge on any atom is -0.395 e. The van der Waals surface area contributed by atoms with E-state index in [0.29, 0.717) is 12.5 Å². The van der Waals surface area contributed by atoms with Crippen LogP contribution in [0.4, 0.5) is 0 Å². The van der Waals surface area contributed by atoms with Crippen molar-refractivity contribution in [2.75, 3.05) is 13.2 Å². The lowest BCUT2D eigenvalue weighted by atomic mass is 9.95. The fourth-order valence-corrected chi connectivity index (χ4v) is 3.69. The highest BCUT2D eigenvalue weighted by molar-refractivity contribution is 7.89. The van der Waals surface area contributed by atoms with Crippen molar-refractivity contribution in [3.8, 4) is 0 Å². The van der Waals surface area contributed by atoms with Crippen LogP contribution < -0.4 is 0 Å². The second kappa shape index (κ2) is 4.80. The highest BCUT2D eigenvalue weighted by atomic mass is 32.2. The normalized spacial score (nSPS) is 31.5. The average Bonchev–Trinajstić information content (AvgIpc) is 2.15. The third-order valence-corrected chi connectivity index (χ3v) is 5.53. The van der Waals surface area contributed by atoms with Gasteiger partial charge < -0.3 is 5.11 Å². The largest absolute Gasteiger partial charge is 0.395 e. The van der Waals surface area contributed by atoms with Gasteiger partial charge in [0, 0.05) is 12.6 Å². The molecule has 0 aromatic carbocycles. The lowest BCUT2D eigenvalue weighted by molar-refractivity contribution is 0.213. The fourth-order valence-electron chi connectivity index (χ4n) is 2.09. The first-order valence-electron chi connectivity index (χ1n) is 5.51. The SMILES string of the molecule is CC1CCN(S(=O)(=O)C(C)CO)C(C)C1. The van der Waals surface area contributed by atoms with Gasteiger partial charge in [-0.05, 0) is 32.6 Å². The minimum absolute atomic E-state index is 0.0627. The van der Waals surface area contributed by atoms with Gasteiger partial charge in [0.15, 0.2) is 0 Å². The molecule has 4 nitrogen and oxygen atoms in total. The second-order valence-electron chi connectivity index (χ2n) is 4.63. The molecule has 0 aliphatic carbocycles. The molecule has 0 amide bonds. The van der Waals surface area contributed by atoms with Crippen LogP contribution in [0.5, 0.6) is 0 Å². The molecule has 0 radical (unpaired) electrons. The molecule has 1 saturated heterocycles. The molecule has 1 rings (SSSR count). The van der Waals surface area contributed by atoms with Gasteiger partial charge in [-0.3, -0.25) is 0 Å². The number of sulfonamides is 1. The summed E-state index contributed by atoms with van der Waals surface area (Å²) in [5, 5.41) is 8.25. The Morgan fingerprint density at radius 3 is 2.53 bits per heavy atom. The first-order valence-corrected chi connectivity index (χ1v) is 7.01. The Bertz CT molecular complexity index is 302. The number of hydrogen-bond acceptors (Lipinski definition) is 3. The average molecular weight is 235 g/mol. The summed E-state index contributed by atoms with van der Waals surface area (Å²) in [5.74, 6) is 0.593. The number of aliphatic hydroxyl groups is 1. The third kappa shape index (κ3) is 2.71. The summed E-state index contributed by atoms with van der Waals surface area (Å²) in [4.78, 5) is 0. The van der Waals surface area contributed by atoms with Gasteiger partial charge >= 0.3 is 0 Å². The predicted octanol–water partition coefficient (Wildman–Crippen LogP) is 0.817. The Morgan fingerprint density at radius 2 is 2.07 bits per heavy atom. The van der Waals surface area contributed by atoms with Gasteiger partial charge in [0.05, 0.1) is 11.9 Å². The zero-order chi connectivity index (χ0) is 11.6. The van der Waals surface area contributed by atoms with E-state index in [0.717, 1.165) is 12.8 Å². The summed E-state index contributed by atoms with van der Waals surface area (Å²) in [6.45, 7) is 5.93. The summed E-state index contributed by atoms with van der Waals surface area (Å²) in [6, 6.07) is 0.0627. The quantitative estimate of drug-likeness (QED) is 0.788. The van der Waals surface area contributed by atoms with E-state index in [2.05, 4.69) is 6.92 Å². The third-order valence-electron chi connectivity index (χ3n) is 3.17.